The summed E-state index contributed by atoms with van der Waals surface area (Å²) < 4.78 is 44.3. The van der Waals surface area contributed by atoms with E-state index in [-0.39, 0.29) is 5.16 Å². The second-order valence-corrected chi connectivity index (χ2v) is 6.29. The van der Waals surface area contributed by atoms with Crippen LogP contribution in [0.1, 0.15) is 18.5 Å². The number of ether oxygens (including phenoxy) is 1. The Kier molecular flexibility index (Phi) is 4.59. The second-order valence-electron chi connectivity index (χ2n) is 4.79. The van der Waals surface area contributed by atoms with Gasteiger partial charge in [0.15, 0.2) is 11.4 Å². The first-order valence-corrected chi connectivity index (χ1v) is 8.09. The third-order valence-electron chi connectivity index (χ3n) is 3.06. The van der Waals surface area contributed by atoms with Crippen molar-refractivity contribution in [1.29, 1.82) is 0 Å². The predicted octanol–water partition coefficient (Wildman–Crippen LogP) is 4.19. The highest BCUT2D eigenvalue weighted by molar-refractivity contribution is 7.99. The van der Waals surface area contributed by atoms with Gasteiger partial charge in [0.2, 0.25) is 0 Å². The molecule has 1 N–H and O–H groups in total. The second kappa shape index (κ2) is 6.52. The zero-order valence-electron chi connectivity index (χ0n) is 11.9. The van der Waals surface area contributed by atoms with Crippen molar-refractivity contribution >= 4 is 35.1 Å². The van der Waals surface area contributed by atoms with Crippen LogP contribution in [0.5, 0.6) is 0 Å². The SMILES string of the molecule is O=C(Nc1ccc(Cl)cc1)OC1CCSc2nc(C(F)(F)F)nn21. The van der Waals surface area contributed by atoms with Crippen molar-refractivity contribution in [2.45, 2.75) is 24.0 Å². The van der Waals surface area contributed by atoms with E-state index in [9.17, 15) is 18.0 Å². The Morgan fingerprint density at radius 1 is 1.38 bits per heavy atom. The lowest BCUT2D eigenvalue weighted by molar-refractivity contribution is -0.145. The topological polar surface area (TPSA) is 69.0 Å². The van der Waals surface area contributed by atoms with Crippen LogP contribution in [-0.2, 0) is 10.9 Å². The number of nitrogens with one attached hydrogen (secondary N) is 1. The molecule has 0 radical (unpaired) electrons. The van der Waals surface area contributed by atoms with E-state index in [1.165, 1.54) is 0 Å². The first kappa shape index (κ1) is 16.9. The number of hydrogen-bond donors (Lipinski definition) is 1. The quantitative estimate of drug-likeness (QED) is 0.848. The smallest absolute Gasteiger partial charge is 0.423 e. The van der Waals surface area contributed by atoms with E-state index in [1.54, 1.807) is 24.3 Å². The van der Waals surface area contributed by atoms with Crippen LogP contribution in [0, 0.1) is 0 Å². The molecule has 24 heavy (non-hydrogen) atoms. The molecule has 11 heteroatoms. The number of hydrogen-bond acceptors (Lipinski definition) is 5. The number of anilines is 1. The van der Waals surface area contributed by atoms with Crippen LogP contribution in [0.15, 0.2) is 29.4 Å². The number of aromatic nitrogens is 3. The average Bonchev–Trinajstić information content (AvgIpc) is 2.95. The Morgan fingerprint density at radius 3 is 2.75 bits per heavy atom. The highest BCUT2D eigenvalue weighted by Gasteiger charge is 2.39. The molecule has 0 fully saturated rings. The molecule has 1 aromatic heterocycles. The molecule has 0 spiro atoms. The minimum atomic E-state index is -4.65. The molecule has 6 nitrogen and oxygen atoms in total. The molecule has 2 heterocycles. The van der Waals surface area contributed by atoms with Gasteiger partial charge in [-0.25, -0.2) is 9.48 Å². The number of fused-ring (bicyclic) bond motifs is 1. The van der Waals surface area contributed by atoms with Crippen molar-refractivity contribution in [2.75, 3.05) is 11.1 Å². The first-order chi connectivity index (χ1) is 11.3. The van der Waals surface area contributed by atoms with Gasteiger partial charge in [-0.15, -0.1) is 5.10 Å². The molecule has 0 aliphatic carbocycles. The third kappa shape index (κ3) is 3.75. The molecular weight excluding hydrogens is 369 g/mol. The lowest BCUT2D eigenvalue weighted by Crippen LogP contribution is -2.25. The summed E-state index contributed by atoms with van der Waals surface area (Å²) in [5, 5.41) is 6.46. The number of rotatable bonds is 2. The van der Waals surface area contributed by atoms with E-state index in [4.69, 9.17) is 16.3 Å². The highest BCUT2D eigenvalue weighted by Crippen LogP contribution is 2.34. The van der Waals surface area contributed by atoms with E-state index in [0.29, 0.717) is 22.9 Å². The fourth-order valence-corrected chi connectivity index (χ4v) is 3.07. The molecule has 1 aromatic carbocycles. The third-order valence-corrected chi connectivity index (χ3v) is 4.28. The van der Waals surface area contributed by atoms with Gasteiger partial charge >= 0.3 is 12.3 Å². The standard InChI is InChI=1S/C13H10ClF3N4O2S/c14-7-1-3-8(4-2-7)18-12(22)23-9-5-6-24-11-19-10(13(15,16)17)20-21(9)11/h1-4,9H,5-6H2,(H,18,22). The molecule has 1 amide bonds. The highest BCUT2D eigenvalue weighted by atomic mass is 35.5. The molecule has 0 saturated heterocycles. The van der Waals surface area contributed by atoms with Gasteiger partial charge in [0.1, 0.15) is 0 Å². The molecule has 1 aliphatic heterocycles. The summed E-state index contributed by atoms with van der Waals surface area (Å²) in [7, 11) is 0. The van der Waals surface area contributed by atoms with Crippen LogP contribution >= 0.6 is 23.4 Å². The van der Waals surface area contributed by atoms with Crippen LogP contribution in [0.3, 0.4) is 0 Å². The molecule has 2 aromatic rings. The van der Waals surface area contributed by atoms with Crippen molar-refractivity contribution in [1.82, 2.24) is 14.8 Å². The average molecular weight is 379 g/mol. The fourth-order valence-electron chi connectivity index (χ4n) is 2.00. The number of nitrogens with zero attached hydrogens (tertiary/aromatic N) is 3. The summed E-state index contributed by atoms with van der Waals surface area (Å²) >= 11 is 6.87. The van der Waals surface area contributed by atoms with Crippen LogP contribution in [-0.4, -0.2) is 26.6 Å². The number of carbonyl (C=O) groups excluding carboxylic acids is 1. The lowest BCUT2D eigenvalue weighted by Gasteiger charge is -2.22. The fraction of sp³-hybridized carbons (Fsp3) is 0.308. The van der Waals surface area contributed by atoms with Gasteiger partial charge in [-0.2, -0.15) is 18.2 Å². The molecule has 1 aliphatic rings. The Hall–Kier alpha value is -1.94. The predicted molar refractivity (Wildman–Crippen MR) is 81.0 cm³/mol. The monoisotopic (exact) mass is 378 g/mol. The molecule has 0 bridgehead atoms. The molecule has 1 atom stereocenters. The van der Waals surface area contributed by atoms with E-state index in [2.05, 4.69) is 15.4 Å². The summed E-state index contributed by atoms with van der Waals surface area (Å²) in [4.78, 5) is 15.4. The first-order valence-electron chi connectivity index (χ1n) is 6.72. The van der Waals surface area contributed by atoms with Crippen molar-refractivity contribution < 1.29 is 22.7 Å². The van der Waals surface area contributed by atoms with Gasteiger partial charge in [-0.05, 0) is 24.3 Å². The number of thioether (sulfide) groups is 1. The number of benzene rings is 1. The summed E-state index contributed by atoms with van der Waals surface area (Å²) in [6, 6.07) is 6.31. The van der Waals surface area contributed by atoms with Crippen molar-refractivity contribution in [3.8, 4) is 0 Å². The van der Waals surface area contributed by atoms with Crippen LogP contribution in [0.25, 0.3) is 0 Å². The number of halogens is 4. The minimum absolute atomic E-state index is 0.0675. The Labute approximate surface area is 143 Å². The zero-order valence-corrected chi connectivity index (χ0v) is 13.5. The molecular formula is C13H10ClF3N4O2S. The van der Waals surface area contributed by atoms with Gasteiger partial charge < -0.3 is 4.74 Å². The van der Waals surface area contributed by atoms with E-state index >= 15 is 0 Å². The summed E-state index contributed by atoms with van der Waals surface area (Å²) in [6.45, 7) is 0. The van der Waals surface area contributed by atoms with Gasteiger partial charge in [-0.1, -0.05) is 23.4 Å². The van der Waals surface area contributed by atoms with E-state index < -0.39 is 24.3 Å². The maximum atomic E-state index is 12.7. The molecule has 0 saturated carbocycles. The molecule has 128 valence electrons. The summed E-state index contributed by atoms with van der Waals surface area (Å²) in [5.74, 6) is -0.784. The van der Waals surface area contributed by atoms with Crippen LogP contribution < -0.4 is 5.32 Å². The maximum absolute atomic E-state index is 12.7. The van der Waals surface area contributed by atoms with Gasteiger partial charge in [0, 0.05) is 22.9 Å². The zero-order chi connectivity index (χ0) is 17.3. The molecule has 1 unspecified atom stereocenters. The Balaban J connectivity index is 1.71. The van der Waals surface area contributed by atoms with Crippen molar-refractivity contribution in [3.05, 3.63) is 35.1 Å². The van der Waals surface area contributed by atoms with Crippen molar-refractivity contribution in [2.24, 2.45) is 0 Å². The Bertz CT molecular complexity index is 751. The maximum Gasteiger partial charge on any atom is 0.453 e. The van der Waals surface area contributed by atoms with E-state index in [0.717, 1.165) is 16.4 Å². The normalized spacial score (nSPS) is 17.2. The number of alkyl halides is 3. The Morgan fingerprint density at radius 2 is 2.08 bits per heavy atom. The molecule has 3 rings (SSSR count). The minimum Gasteiger partial charge on any atom is -0.423 e. The lowest BCUT2D eigenvalue weighted by atomic mass is 10.3. The van der Waals surface area contributed by atoms with Gasteiger partial charge in [0.05, 0.1) is 0 Å². The van der Waals surface area contributed by atoms with Gasteiger partial charge in [-0.3, -0.25) is 5.32 Å². The van der Waals surface area contributed by atoms with Crippen LogP contribution in [0.4, 0.5) is 23.7 Å². The van der Waals surface area contributed by atoms with Crippen molar-refractivity contribution in [3.63, 3.8) is 0 Å². The largest absolute Gasteiger partial charge is 0.453 e. The summed E-state index contributed by atoms with van der Waals surface area (Å²) in [5.41, 5.74) is 0.448. The number of carbonyl (C=O) groups is 1. The van der Waals surface area contributed by atoms with Crippen LogP contribution in [0.2, 0.25) is 5.02 Å². The van der Waals surface area contributed by atoms with Gasteiger partial charge in [0.25, 0.3) is 5.82 Å². The van der Waals surface area contributed by atoms with E-state index in [1.807, 2.05) is 0 Å². The summed E-state index contributed by atoms with van der Waals surface area (Å²) in [6.07, 6.45) is -6.07. The number of amides is 1.